The van der Waals surface area contributed by atoms with Crippen LogP contribution in [0.2, 0.25) is 0 Å². The van der Waals surface area contributed by atoms with Crippen LogP contribution in [-0.4, -0.2) is 58.3 Å². The highest BCUT2D eigenvalue weighted by Gasteiger charge is 2.34. The number of carbonyl (C=O) groups is 2. The van der Waals surface area contributed by atoms with E-state index in [0.29, 0.717) is 37.4 Å². The van der Waals surface area contributed by atoms with Gasteiger partial charge < -0.3 is 24.9 Å². The van der Waals surface area contributed by atoms with Gasteiger partial charge in [0.05, 0.1) is 26.2 Å². The number of hydrogen-bond donors (Lipinski definition) is 4. The van der Waals surface area contributed by atoms with Crippen LogP contribution in [-0.2, 0) is 30.7 Å². The standard InChI is InChI=1S/C31H31N5O7S/c1-16-21(22-11-20(43-3)8-9-24(22)33-16)12-26(37)32-13-18-10-23-25(15-35(18)14-17-4-6-19(42-2)7-5-17)44-28(27(23)31(40)41)34-36-29(38)30(36)39/h4-9,11,18,33-34H,10,12-15H2,1-3H3,(H,32,37)(H,40,41). The average molecular weight is 618 g/mol. The zero-order chi connectivity index (χ0) is 31.1. The number of aromatic nitrogens is 2. The third-order valence-electron chi connectivity index (χ3n) is 8.10. The maximum Gasteiger partial charge on any atom is 0.340 e. The molecule has 12 nitrogen and oxygen atoms in total. The number of nitrogens with zero attached hydrogens (tertiary/aromatic N) is 2. The number of fused-ring (bicyclic) bond motifs is 2. The van der Waals surface area contributed by atoms with Crippen molar-refractivity contribution >= 4 is 39.1 Å². The van der Waals surface area contributed by atoms with E-state index in [4.69, 9.17) is 9.47 Å². The van der Waals surface area contributed by atoms with E-state index in [1.54, 1.807) is 14.2 Å². The summed E-state index contributed by atoms with van der Waals surface area (Å²) in [5.41, 5.74) is 5.68. The van der Waals surface area contributed by atoms with Gasteiger partial charge in [-0.3, -0.25) is 24.7 Å². The third-order valence-corrected chi connectivity index (χ3v) is 9.22. The molecule has 1 aliphatic heterocycles. The molecule has 0 saturated carbocycles. The van der Waals surface area contributed by atoms with Gasteiger partial charge in [-0.1, -0.05) is 12.1 Å². The molecule has 1 atom stereocenters. The zero-order valence-electron chi connectivity index (χ0n) is 24.4. The molecule has 3 aromatic heterocycles. The van der Waals surface area contributed by atoms with Gasteiger partial charge in [0, 0.05) is 47.2 Å². The van der Waals surface area contributed by atoms with Crippen molar-refractivity contribution in [1.82, 2.24) is 19.9 Å². The molecular formula is C31H31N5O7S. The molecule has 5 aromatic rings. The number of hydrogen-bond acceptors (Lipinski definition) is 9. The van der Waals surface area contributed by atoms with Crippen molar-refractivity contribution in [2.45, 2.75) is 38.9 Å². The highest BCUT2D eigenvalue weighted by Crippen LogP contribution is 2.39. The topological polar surface area (TPSA) is 155 Å². The summed E-state index contributed by atoms with van der Waals surface area (Å²) in [6.45, 7) is 3.21. The van der Waals surface area contributed by atoms with Crippen LogP contribution >= 0.6 is 11.3 Å². The lowest BCUT2D eigenvalue weighted by Gasteiger charge is -2.36. The fraction of sp³-hybridized carbons (Fsp3) is 0.290. The summed E-state index contributed by atoms with van der Waals surface area (Å²) < 4.78 is 11.5. The first-order valence-electron chi connectivity index (χ1n) is 14.0. The number of benzene rings is 2. The van der Waals surface area contributed by atoms with Gasteiger partial charge in [-0.2, -0.15) is 4.68 Å². The van der Waals surface area contributed by atoms with Crippen LogP contribution < -0.4 is 31.3 Å². The molecule has 1 amide bonds. The number of H-pyrrole nitrogens is 1. The van der Waals surface area contributed by atoms with E-state index < -0.39 is 17.1 Å². The van der Waals surface area contributed by atoms with Crippen molar-refractivity contribution in [2.24, 2.45) is 0 Å². The Bertz CT molecular complexity index is 1920. The number of methoxy groups -OCH3 is 2. The van der Waals surface area contributed by atoms with Gasteiger partial charge >= 0.3 is 17.1 Å². The first-order chi connectivity index (χ1) is 21.2. The van der Waals surface area contributed by atoms with Gasteiger partial charge in [-0.05, 0) is 60.4 Å². The van der Waals surface area contributed by atoms with Crippen LogP contribution in [0, 0.1) is 6.92 Å². The number of aromatic carboxylic acids is 1. The monoisotopic (exact) mass is 617 g/mol. The van der Waals surface area contributed by atoms with E-state index in [0.717, 1.165) is 43.0 Å². The van der Waals surface area contributed by atoms with Gasteiger partial charge in [0.25, 0.3) is 0 Å². The van der Waals surface area contributed by atoms with E-state index in [-0.39, 0.29) is 28.9 Å². The summed E-state index contributed by atoms with van der Waals surface area (Å²) in [4.78, 5) is 55.2. The number of carbonyl (C=O) groups excluding carboxylic acids is 1. The Kier molecular flexibility index (Phi) is 7.74. The van der Waals surface area contributed by atoms with Crippen molar-refractivity contribution in [2.75, 3.05) is 26.2 Å². The second kappa shape index (κ2) is 11.7. The number of nitrogens with one attached hydrogen (secondary N) is 3. The predicted molar refractivity (Wildman–Crippen MR) is 166 cm³/mol. The van der Waals surface area contributed by atoms with Crippen LogP contribution in [0.3, 0.4) is 0 Å². The number of amides is 1. The van der Waals surface area contributed by atoms with Crippen molar-refractivity contribution in [3.05, 3.63) is 96.0 Å². The largest absolute Gasteiger partial charge is 0.497 e. The molecule has 0 radical (unpaired) electrons. The minimum absolute atomic E-state index is 0.0429. The Labute approximate surface area is 255 Å². The molecule has 6 rings (SSSR count). The van der Waals surface area contributed by atoms with Gasteiger partial charge in [0.2, 0.25) is 5.91 Å². The second-order valence-electron chi connectivity index (χ2n) is 10.8. The average Bonchev–Trinajstić information content (AvgIpc) is 3.29. The normalized spacial score (nSPS) is 14.9. The van der Waals surface area contributed by atoms with E-state index in [1.807, 2.05) is 49.4 Å². The Morgan fingerprint density at radius 2 is 1.77 bits per heavy atom. The van der Waals surface area contributed by atoms with Crippen molar-refractivity contribution in [3.63, 3.8) is 0 Å². The summed E-state index contributed by atoms with van der Waals surface area (Å²) in [5.74, 6) is 0.138. The first kappa shape index (κ1) is 29.2. The molecule has 0 saturated heterocycles. The van der Waals surface area contributed by atoms with Gasteiger partial charge in [0.1, 0.15) is 16.5 Å². The van der Waals surface area contributed by atoms with E-state index >= 15 is 0 Å². The van der Waals surface area contributed by atoms with E-state index in [1.165, 1.54) is 11.3 Å². The van der Waals surface area contributed by atoms with Crippen LogP contribution in [0.5, 0.6) is 11.5 Å². The number of carboxylic acid groups (broad SMARTS) is 1. The molecular weight excluding hydrogens is 586 g/mol. The highest BCUT2D eigenvalue weighted by atomic mass is 32.1. The lowest BCUT2D eigenvalue weighted by Crippen LogP contribution is -2.47. The fourth-order valence-corrected chi connectivity index (χ4v) is 6.93. The molecule has 0 spiro atoms. The van der Waals surface area contributed by atoms with Gasteiger partial charge in [-0.15, -0.1) is 11.3 Å². The molecule has 2 aromatic carbocycles. The summed E-state index contributed by atoms with van der Waals surface area (Å²) in [7, 11) is 3.21. The molecule has 44 heavy (non-hydrogen) atoms. The third kappa shape index (κ3) is 5.58. The quantitative estimate of drug-likeness (QED) is 0.164. The summed E-state index contributed by atoms with van der Waals surface area (Å²) >= 11 is 1.22. The SMILES string of the molecule is COc1ccc(CN2Cc3sc(Nn4c(=O)c4=O)c(C(=O)O)c3CC2CNC(=O)Cc2c(C)[nH]c3ccc(OC)cc23)cc1. The molecule has 0 bridgehead atoms. The molecule has 13 heteroatoms. The number of aromatic amines is 1. The summed E-state index contributed by atoms with van der Waals surface area (Å²) in [6, 6.07) is 13.2. The minimum atomic E-state index is -1.15. The lowest BCUT2D eigenvalue weighted by atomic mass is 9.95. The molecule has 4 heterocycles. The molecule has 0 aliphatic carbocycles. The van der Waals surface area contributed by atoms with Gasteiger partial charge in [0.15, 0.2) is 0 Å². The molecule has 1 aliphatic rings. The van der Waals surface area contributed by atoms with E-state index in [9.17, 15) is 24.3 Å². The minimum Gasteiger partial charge on any atom is -0.497 e. The molecule has 0 fully saturated rings. The predicted octanol–water partition coefficient (Wildman–Crippen LogP) is 2.81. The Balaban J connectivity index is 1.25. The molecule has 4 N–H and O–H groups in total. The lowest BCUT2D eigenvalue weighted by molar-refractivity contribution is -0.120. The van der Waals surface area contributed by atoms with Crippen LogP contribution in [0.1, 0.15) is 37.6 Å². The summed E-state index contributed by atoms with van der Waals surface area (Å²) in [6.07, 6.45) is 0.525. The maximum absolute atomic E-state index is 13.3. The van der Waals surface area contributed by atoms with Crippen molar-refractivity contribution < 1.29 is 24.2 Å². The second-order valence-corrected chi connectivity index (χ2v) is 11.9. The number of aryl methyl sites for hydroxylation is 1. The van der Waals surface area contributed by atoms with Crippen LogP contribution in [0.25, 0.3) is 10.9 Å². The molecule has 228 valence electrons. The number of rotatable bonds is 11. The highest BCUT2D eigenvalue weighted by molar-refractivity contribution is 7.16. The Morgan fingerprint density at radius 3 is 2.43 bits per heavy atom. The fourth-order valence-electron chi connectivity index (χ4n) is 5.70. The van der Waals surface area contributed by atoms with Crippen molar-refractivity contribution in [3.8, 4) is 11.5 Å². The summed E-state index contributed by atoms with van der Waals surface area (Å²) in [5, 5.41) is 14.3. The number of carboxylic acids is 1. The van der Waals surface area contributed by atoms with Crippen LogP contribution in [0.4, 0.5) is 5.00 Å². The Morgan fingerprint density at radius 1 is 1.07 bits per heavy atom. The zero-order valence-corrected chi connectivity index (χ0v) is 25.2. The number of anilines is 1. The number of ether oxygens (including phenoxy) is 2. The maximum atomic E-state index is 13.3. The first-order valence-corrected chi connectivity index (χ1v) is 14.8. The van der Waals surface area contributed by atoms with Crippen molar-refractivity contribution in [1.29, 1.82) is 0 Å². The van der Waals surface area contributed by atoms with E-state index in [2.05, 4.69) is 20.6 Å². The Hall–Kier alpha value is -4.88. The molecule has 1 unspecified atom stereocenters. The van der Waals surface area contributed by atoms with Gasteiger partial charge in [-0.25, -0.2) is 4.79 Å². The smallest absolute Gasteiger partial charge is 0.340 e. The number of thiophene rings is 1. The van der Waals surface area contributed by atoms with Crippen LogP contribution in [0.15, 0.2) is 52.1 Å².